The van der Waals surface area contributed by atoms with Crippen molar-refractivity contribution < 1.29 is 22.8 Å². The van der Waals surface area contributed by atoms with Crippen LogP contribution in [0.15, 0.2) is 43.0 Å². The molecule has 12 heteroatoms. The van der Waals surface area contributed by atoms with Gasteiger partial charge in [0.1, 0.15) is 5.69 Å². The van der Waals surface area contributed by atoms with Gasteiger partial charge in [-0.3, -0.25) is 14.6 Å². The Morgan fingerprint density at radius 3 is 2.60 bits per heavy atom. The molecule has 8 nitrogen and oxygen atoms in total. The molecule has 35 heavy (non-hydrogen) atoms. The maximum atomic E-state index is 13.1. The monoisotopic (exact) mass is 506 g/mol. The van der Waals surface area contributed by atoms with Crippen molar-refractivity contribution in [1.82, 2.24) is 30.0 Å². The van der Waals surface area contributed by atoms with Gasteiger partial charge in [0.05, 0.1) is 23.4 Å². The predicted molar refractivity (Wildman–Crippen MR) is 121 cm³/mol. The van der Waals surface area contributed by atoms with Crippen molar-refractivity contribution in [3.05, 3.63) is 70.4 Å². The number of hydrogen-bond acceptors (Lipinski definition) is 5. The zero-order valence-electron chi connectivity index (χ0n) is 18.9. The van der Waals surface area contributed by atoms with Gasteiger partial charge in [-0.15, -0.1) is 0 Å². The first-order valence-electron chi connectivity index (χ1n) is 10.8. The van der Waals surface area contributed by atoms with Crippen LogP contribution in [0.5, 0.6) is 0 Å². The second-order valence-corrected chi connectivity index (χ2v) is 8.93. The van der Waals surface area contributed by atoms with Crippen molar-refractivity contribution in [2.75, 3.05) is 13.6 Å². The van der Waals surface area contributed by atoms with Crippen LogP contribution in [0.3, 0.4) is 0 Å². The fourth-order valence-corrected chi connectivity index (χ4v) is 3.83. The molecule has 1 fully saturated rings. The maximum Gasteiger partial charge on any atom is 0.416 e. The summed E-state index contributed by atoms with van der Waals surface area (Å²) in [5.74, 6) is -0.121. The molecule has 2 aromatic heterocycles. The topological polar surface area (TPSA) is 93.0 Å². The van der Waals surface area contributed by atoms with E-state index in [2.05, 4.69) is 20.4 Å². The van der Waals surface area contributed by atoms with E-state index in [0.717, 1.165) is 31.0 Å². The number of nitrogens with zero attached hydrogens (tertiary/aromatic N) is 5. The molecule has 2 amide bonds. The van der Waals surface area contributed by atoms with E-state index in [4.69, 9.17) is 11.6 Å². The molecule has 1 aliphatic carbocycles. The van der Waals surface area contributed by atoms with Crippen LogP contribution in [0.4, 0.5) is 13.2 Å². The second kappa shape index (κ2) is 9.65. The second-order valence-electron chi connectivity index (χ2n) is 8.49. The molecule has 1 unspecified atom stereocenters. The molecule has 0 saturated heterocycles. The average Bonchev–Trinajstić information content (AvgIpc) is 3.49. The number of carbonyl (C=O) groups is 2. The summed E-state index contributed by atoms with van der Waals surface area (Å²) in [5, 5.41) is 6.64. The summed E-state index contributed by atoms with van der Waals surface area (Å²) in [6, 6.07) is 1.89. The summed E-state index contributed by atoms with van der Waals surface area (Å²) < 4.78 is 40.7. The van der Waals surface area contributed by atoms with Gasteiger partial charge in [0.25, 0.3) is 11.8 Å². The Bertz CT molecular complexity index is 1260. The third-order valence-electron chi connectivity index (χ3n) is 5.57. The summed E-state index contributed by atoms with van der Waals surface area (Å²) >= 11 is 5.80. The van der Waals surface area contributed by atoms with E-state index in [0.29, 0.717) is 23.7 Å². The number of halogens is 4. The number of nitrogens with one attached hydrogen (secondary N) is 1. The van der Waals surface area contributed by atoms with E-state index < -0.39 is 23.7 Å². The predicted octanol–water partition coefficient (Wildman–Crippen LogP) is 4.31. The highest BCUT2D eigenvalue weighted by Crippen LogP contribution is 2.32. The number of carbonyl (C=O) groups excluding carboxylic acids is 2. The number of aromatic nitrogens is 4. The van der Waals surface area contributed by atoms with Crippen LogP contribution in [0.25, 0.3) is 5.82 Å². The molecule has 1 aromatic carbocycles. The molecule has 0 spiro atoms. The molecule has 1 saturated carbocycles. The molecular weight excluding hydrogens is 485 g/mol. The molecule has 184 valence electrons. The number of amides is 2. The molecular formula is C23H22ClF3N6O2. The Labute approximate surface area is 204 Å². The largest absolute Gasteiger partial charge is 0.416 e. The van der Waals surface area contributed by atoms with E-state index in [1.807, 2.05) is 0 Å². The minimum atomic E-state index is -4.65. The molecule has 0 aliphatic heterocycles. The van der Waals surface area contributed by atoms with Crippen molar-refractivity contribution >= 4 is 23.4 Å². The van der Waals surface area contributed by atoms with Gasteiger partial charge in [-0.05, 0) is 43.9 Å². The Hall–Kier alpha value is -3.47. The van der Waals surface area contributed by atoms with Crippen molar-refractivity contribution in [3.63, 3.8) is 0 Å². The summed E-state index contributed by atoms with van der Waals surface area (Å²) in [6.45, 7) is 2.29. The lowest BCUT2D eigenvalue weighted by Gasteiger charge is -2.17. The highest BCUT2D eigenvalue weighted by molar-refractivity contribution is 6.31. The molecule has 2 heterocycles. The van der Waals surface area contributed by atoms with Gasteiger partial charge < -0.3 is 10.2 Å². The normalized spacial score (nSPS) is 14.5. The zero-order chi connectivity index (χ0) is 25.3. The summed E-state index contributed by atoms with van der Waals surface area (Å²) in [4.78, 5) is 35.6. The number of alkyl halides is 3. The van der Waals surface area contributed by atoms with Crippen molar-refractivity contribution in [3.8, 4) is 5.82 Å². The average molecular weight is 507 g/mol. The number of hydrogen-bond donors (Lipinski definition) is 1. The third-order valence-corrected chi connectivity index (χ3v) is 5.79. The van der Waals surface area contributed by atoms with Crippen LogP contribution in [0.1, 0.15) is 57.8 Å². The molecule has 1 aliphatic rings. The van der Waals surface area contributed by atoms with Gasteiger partial charge in [-0.1, -0.05) is 11.6 Å². The first-order chi connectivity index (χ1) is 16.5. The first kappa shape index (κ1) is 24.6. The van der Waals surface area contributed by atoms with Crippen LogP contribution < -0.4 is 5.32 Å². The molecule has 0 bridgehead atoms. The van der Waals surface area contributed by atoms with Gasteiger partial charge in [0.15, 0.2) is 5.82 Å². The minimum absolute atomic E-state index is 0.170. The molecule has 3 aromatic rings. The lowest BCUT2D eigenvalue weighted by atomic mass is 10.1. The highest BCUT2D eigenvalue weighted by Gasteiger charge is 2.32. The van der Waals surface area contributed by atoms with E-state index in [9.17, 15) is 22.8 Å². The van der Waals surface area contributed by atoms with Gasteiger partial charge >= 0.3 is 6.18 Å². The fourth-order valence-electron chi connectivity index (χ4n) is 3.60. The fraction of sp³-hybridized carbons (Fsp3) is 0.348. The van der Waals surface area contributed by atoms with E-state index in [1.165, 1.54) is 29.5 Å². The lowest BCUT2D eigenvalue weighted by molar-refractivity contribution is -0.137. The Kier molecular flexibility index (Phi) is 6.79. The van der Waals surface area contributed by atoms with Gasteiger partial charge in [0.2, 0.25) is 0 Å². The molecule has 4 rings (SSSR count). The van der Waals surface area contributed by atoms with Crippen molar-refractivity contribution in [2.24, 2.45) is 5.92 Å². The summed E-state index contributed by atoms with van der Waals surface area (Å²) in [6.07, 6.45) is 3.40. The van der Waals surface area contributed by atoms with Crippen molar-refractivity contribution in [2.45, 2.75) is 32.0 Å². The lowest BCUT2D eigenvalue weighted by Crippen LogP contribution is -2.29. The summed E-state index contributed by atoms with van der Waals surface area (Å²) in [5.41, 5.74) is -0.580. The maximum absolute atomic E-state index is 13.1. The van der Waals surface area contributed by atoms with E-state index in [-0.39, 0.29) is 22.3 Å². The van der Waals surface area contributed by atoms with Crippen LogP contribution in [0, 0.1) is 5.92 Å². The van der Waals surface area contributed by atoms with Crippen molar-refractivity contribution in [1.29, 1.82) is 0 Å². The number of rotatable bonds is 7. The smallest absolute Gasteiger partial charge is 0.344 e. The zero-order valence-corrected chi connectivity index (χ0v) is 19.6. The quantitative estimate of drug-likeness (QED) is 0.515. The Morgan fingerprint density at radius 2 is 1.91 bits per heavy atom. The molecule has 0 radical (unpaired) electrons. The third kappa shape index (κ3) is 5.79. The molecule has 1 atom stereocenters. The SMILES string of the molecule is CC(NC(=O)c1cc(Cl)cc(C(F)(F)F)c1)c1nccnc1-n1cc(C(=O)N(C)CC2CC2)cn1. The molecule has 1 N–H and O–H groups in total. The van der Waals surface area contributed by atoms with E-state index in [1.54, 1.807) is 18.9 Å². The minimum Gasteiger partial charge on any atom is -0.344 e. The van der Waals surface area contributed by atoms with E-state index >= 15 is 0 Å². The Morgan fingerprint density at radius 1 is 1.20 bits per heavy atom. The first-order valence-corrected chi connectivity index (χ1v) is 11.2. The van der Waals surface area contributed by atoms with Crippen LogP contribution in [-0.4, -0.2) is 50.1 Å². The van der Waals surface area contributed by atoms with Gasteiger partial charge in [-0.2, -0.15) is 18.3 Å². The van der Waals surface area contributed by atoms with Crippen LogP contribution in [0.2, 0.25) is 5.02 Å². The highest BCUT2D eigenvalue weighted by atomic mass is 35.5. The van der Waals surface area contributed by atoms with Gasteiger partial charge in [0, 0.05) is 42.8 Å². The Balaban J connectivity index is 1.54. The standard InChI is InChI=1S/C23H22ClF3N6O2/c1-13(31-21(34)15-7-17(23(25,26)27)9-18(24)8-15)19-20(29-6-5-28-19)33-12-16(10-30-33)22(35)32(2)11-14-3-4-14/h5-10,12-14H,3-4,11H2,1-2H3,(H,31,34). The summed E-state index contributed by atoms with van der Waals surface area (Å²) in [7, 11) is 1.74. The van der Waals surface area contributed by atoms with Gasteiger partial charge in [-0.25, -0.2) is 9.67 Å². The van der Waals surface area contributed by atoms with Crippen LogP contribution in [-0.2, 0) is 6.18 Å². The van der Waals surface area contributed by atoms with Crippen LogP contribution >= 0.6 is 11.6 Å². The number of benzene rings is 1.